The number of nitrogens with one attached hydrogen (secondary N) is 1. The summed E-state index contributed by atoms with van der Waals surface area (Å²) >= 11 is 13.1. The number of carbonyl (C=O) groups excluding carboxylic acids is 1. The molecule has 6 heteroatoms. The highest BCUT2D eigenvalue weighted by Crippen LogP contribution is 2.51. The maximum Gasteiger partial charge on any atom is 0.231 e. The summed E-state index contributed by atoms with van der Waals surface area (Å²) in [5.74, 6) is 1.20. The van der Waals surface area contributed by atoms with Crippen LogP contribution in [-0.4, -0.2) is 12.6 Å². The van der Waals surface area contributed by atoms with Gasteiger partial charge in [-0.25, -0.2) is 0 Å². The molecule has 26 heavy (non-hydrogen) atoms. The number of rotatable bonds is 1. The van der Waals surface area contributed by atoms with Crippen molar-refractivity contribution in [3.63, 3.8) is 0 Å². The first-order chi connectivity index (χ1) is 12.6. The first-order valence-corrected chi connectivity index (χ1v) is 9.30. The minimum absolute atomic E-state index is 0.142. The molecule has 4 nitrogen and oxygen atoms in total. The van der Waals surface area contributed by atoms with E-state index in [9.17, 15) is 4.79 Å². The van der Waals surface area contributed by atoms with Gasteiger partial charge in [0.15, 0.2) is 17.3 Å². The van der Waals surface area contributed by atoms with Crippen molar-refractivity contribution in [3.05, 3.63) is 62.8 Å². The van der Waals surface area contributed by atoms with Gasteiger partial charge in [-0.3, -0.25) is 4.79 Å². The number of hydrogen-bond donors (Lipinski definition) is 1. The molecule has 2 aromatic carbocycles. The Bertz CT molecular complexity index is 963. The molecule has 0 spiro atoms. The second kappa shape index (κ2) is 5.93. The third-order valence-electron chi connectivity index (χ3n) is 5.17. The second-order valence-corrected chi connectivity index (χ2v) is 7.47. The molecule has 2 heterocycles. The predicted molar refractivity (Wildman–Crippen MR) is 100 cm³/mol. The van der Waals surface area contributed by atoms with Crippen LogP contribution in [0.2, 0.25) is 10.0 Å². The number of hydrogen-bond acceptors (Lipinski definition) is 4. The fourth-order valence-electron chi connectivity index (χ4n) is 4.04. The number of carbonyl (C=O) groups is 1. The van der Waals surface area contributed by atoms with Gasteiger partial charge in [-0.1, -0.05) is 29.3 Å². The number of ether oxygens (including phenoxy) is 2. The zero-order valence-corrected chi connectivity index (χ0v) is 15.3. The van der Waals surface area contributed by atoms with E-state index >= 15 is 0 Å². The summed E-state index contributed by atoms with van der Waals surface area (Å²) in [6.07, 6.45) is 2.21. The first kappa shape index (κ1) is 16.0. The Labute approximate surface area is 160 Å². The van der Waals surface area contributed by atoms with Gasteiger partial charge in [-0.15, -0.1) is 0 Å². The summed E-state index contributed by atoms with van der Waals surface area (Å²) in [6.45, 7) is 0.196. The topological polar surface area (TPSA) is 47.6 Å². The lowest BCUT2D eigenvalue weighted by molar-refractivity contribution is -0.116. The molecule has 3 aliphatic rings. The normalized spacial score (nSPS) is 20.5. The number of halogens is 2. The average Bonchev–Trinajstić information content (AvgIpc) is 3.06. The van der Waals surface area contributed by atoms with Gasteiger partial charge in [-0.05, 0) is 36.6 Å². The third-order valence-corrected chi connectivity index (χ3v) is 5.83. The largest absolute Gasteiger partial charge is 0.454 e. The molecule has 0 saturated carbocycles. The van der Waals surface area contributed by atoms with Crippen LogP contribution in [0, 0.1) is 0 Å². The Hall–Kier alpha value is -2.17. The van der Waals surface area contributed by atoms with E-state index in [1.165, 1.54) is 0 Å². The summed E-state index contributed by atoms with van der Waals surface area (Å²) in [6, 6.07) is 9.29. The fraction of sp³-hybridized carbons (Fsp3) is 0.250. The highest BCUT2D eigenvalue weighted by atomic mass is 35.5. The molecule has 1 atom stereocenters. The van der Waals surface area contributed by atoms with Crippen LogP contribution in [0.3, 0.4) is 0 Å². The maximum absolute atomic E-state index is 12.8. The van der Waals surface area contributed by atoms with Crippen molar-refractivity contribution in [1.29, 1.82) is 0 Å². The van der Waals surface area contributed by atoms with Gasteiger partial charge in [0.25, 0.3) is 0 Å². The van der Waals surface area contributed by atoms with Crippen molar-refractivity contribution < 1.29 is 14.3 Å². The number of anilines is 1. The lowest BCUT2D eigenvalue weighted by Crippen LogP contribution is -2.27. The van der Waals surface area contributed by atoms with Crippen molar-refractivity contribution in [2.24, 2.45) is 0 Å². The summed E-state index contributed by atoms with van der Waals surface area (Å²) in [4.78, 5) is 12.8. The molecular formula is C20H15Cl2NO3. The van der Waals surface area contributed by atoms with E-state index in [1.807, 2.05) is 30.3 Å². The average molecular weight is 388 g/mol. The van der Waals surface area contributed by atoms with Crippen molar-refractivity contribution in [3.8, 4) is 11.5 Å². The first-order valence-electron chi connectivity index (χ1n) is 8.54. The van der Waals surface area contributed by atoms with Crippen LogP contribution in [0.4, 0.5) is 5.69 Å². The van der Waals surface area contributed by atoms with E-state index in [0.29, 0.717) is 28.0 Å². The van der Waals surface area contributed by atoms with E-state index in [2.05, 4.69) is 5.32 Å². The van der Waals surface area contributed by atoms with Gasteiger partial charge >= 0.3 is 0 Å². The molecule has 0 amide bonds. The van der Waals surface area contributed by atoms with E-state index < -0.39 is 0 Å². The molecule has 0 radical (unpaired) electrons. The lowest BCUT2D eigenvalue weighted by atomic mass is 9.75. The van der Waals surface area contributed by atoms with Gasteiger partial charge < -0.3 is 14.8 Å². The van der Waals surface area contributed by atoms with Crippen LogP contribution in [0.15, 0.2) is 41.6 Å². The number of allylic oxidation sites excluding steroid dienone is 2. The van der Waals surface area contributed by atoms with Crippen LogP contribution in [0.5, 0.6) is 11.5 Å². The highest BCUT2D eigenvalue weighted by Gasteiger charge is 2.38. The minimum atomic E-state index is -0.315. The zero-order valence-electron chi connectivity index (χ0n) is 13.8. The van der Waals surface area contributed by atoms with Crippen LogP contribution in [0.1, 0.15) is 36.3 Å². The molecule has 5 rings (SSSR count). The SMILES string of the molecule is O=C1CCCC2=C1[C@@H](c1c(Cl)cccc1Cl)c1cc3c(cc1N2)OCO3. The van der Waals surface area contributed by atoms with Gasteiger partial charge in [-0.2, -0.15) is 0 Å². The molecule has 0 aromatic heterocycles. The Kier molecular flexibility index (Phi) is 3.66. The van der Waals surface area contributed by atoms with Crippen molar-refractivity contribution in [1.82, 2.24) is 0 Å². The van der Waals surface area contributed by atoms with Crippen molar-refractivity contribution in [2.75, 3.05) is 12.1 Å². The standard InChI is InChI=1S/C20H15Cl2NO3/c21-11-3-1-4-12(22)19(11)18-10-7-16-17(26-9-25-16)8-14(10)23-13-5-2-6-15(24)20(13)18/h1,3-4,7-8,18,23H,2,5-6,9H2/t18-/m1/s1. The van der Waals surface area contributed by atoms with Crippen molar-refractivity contribution in [2.45, 2.75) is 25.2 Å². The quantitative estimate of drug-likeness (QED) is 0.722. The van der Waals surface area contributed by atoms with E-state index in [1.54, 1.807) is 0 Å². The Morgan fingerprint density at radius 3 is 2.54 bits per heavy atom. The number of fused-ring (bicyclic) bond motifs is 2. The second-order valence-electron chi connectivity index (χ2n) is 6.66. The van der Waals surface area contributed by atoms with Gasteiger partial charge in [0, 0.05) is 51.0 Å². The zero-order chi connectivity index (χ0) is 17.8. The number of ketones is 1. The summed E-state index contributed by atoms with van der Waals surface area (Å²) < 4.78 is 11.1. The van der Waals surface area contributed by atoms with Crippen molar-refractivity contribution >= 4 is 34.7 Å². The Morgan fingerprint density at radius 2 is 1.77 bits per heavy atom. The number of Topliss-reactive ketones (excluding diaryl/α,β-unsaturated/α-hetero) is 1. The van der Waals surface area contributed by atoms with Crippen LogP contribution in [-0.2, 0) is 4.79 Å². The van der Waals surface area contributed by atoms with Crippen LogP contribution < -0.4 is 14.8 Å². The van der Waals surface area contributed by atoms with Crippen LogP contribution in [0.25, 0.3) is 0 Å². The molecule has 0 fully saturated rings. The highest BCUT2D eigenvalue weighted by molar-refractivity contribution is 6.36. The summed E-state index contributed by atoms with van der Waals surface area (Å²) in [5, 5.41) is 4.54. The van der Waals surface area contributed by atoms with Gasteiger partial charge in [0.1, 0.15) is 0 Å². The lowest BCUT2D eigenvalue weighted by Gasteiger charge is -2.34. The molecule has 132 valence electrons. The minimum Gasteiger partial charge on any atom is -0.454 e. The summed E-state index contributed by atoms with van der Waals surface area (Å²) in [7, 11) is 0. The molecule has 2 aliphatic heterocycles. The van der Waals surface area contributed by atoms with Gasteiger partial charge in [0.2, 0.25) is 6.79 Å². The molecule has 0 bridgehead atoms. The smallest absolute Gasteiger partial charge is 0.231 e. The Balaban J connectivity index is 1.79. The third kappa shape index (κ3) is 2.32. The van der Waals surface area contributed by atoms with E-state index in [-0.39, 0.29) is 18.5 Å². The molecular weight excluding hydrogens is 373 g/mol. The van der Waals surface area contributed by atoms with E-state index in [4.69, 9.17) is 32.7 Å². The predicted octanol–water partition coefficient (Wildman–Crippen LogP) is 5.29. The molecule has 2 aromatic rings. The van der Waals surface area contributed by atoms with Crippen LogP contribution >= 0.6 is 23.2 Å². The molecule has 0 unspecified atom stereocenters. The molecule has 1 aliphatic carbocycles. The fourth-order valence-corrected chi connectivity index (χ4v) is 4.65. The molecule has 0 saturated heterocycles. The monoisotopic (exact) mass is 387 g/mol. The maximum atomic E-state index is 12.8. The Morgan fingerprint density at radius 1 is 1.04 bits per heavy atom. The van der Waals surface area contributed by atoms with E-state index in [0.717, 1.165) is 40.9 Å². The molecule has 1 N–H and O–H groups in total. The van der Waals surface area contributed by atoms with Gasteiger partial charge in [0.05, 0.1) is 0 Å². The summed E-state index contributed by atoms with van der Waals surface area (Å²) in [5.41, 5.74) is 4.31. The number of benzene rings is 2.